The van der Waals surface area contributed by atoms with Crippen LogP contribution in [0.3, 0.4) is 0 Å². The van der Waals surface area contributed by atoms with Crippen LogP contribution in [0.5, 0.6) is 5.75 Å². The van der Waals surface area contributed by atoms with Gasteiger partial charge in [-0.1, -0.05) is 6.07 Å². The fourth-order valence-corrected chi connectivity index (χ4v) is 2.00. The molecule has 1 fully saturated rings. The number of carbonyl (C=O) groups excluding carboxylic acids is 1. The zero-order valence-electron chi connectivity index (χ0n) is 11.3. The van der Waals surface area contributed by atoms with Crippen LogP contribution in [0.1, 0.15) is 18.4 Å². The van der Waals surface area contributed by atoms with E-state index in [2.05, 4.69) is 5.32 Å². The maximum atomic E-state index is 12.5. The van der Waals surface area contributed by atoms with Crippen molar-refractivity contribution in [3.8, 4) is 5.75 Å². The van der Waals surface area contributed by atoms with Gasteiger partial charge in [-0.15, -0.1) is 0 Å². The van der Waals surface area contributed by atoms with Crippen molar-refractivity contribution in [3.63, 3.8) is 0 Å². The normalized spacial score (nSPS) is 18.5. The van der Waals surface area contributed by atoms with Crippen LogP contribution in [0, 0.1) is 0 Å². The Morgan fingerprint density at radius 3 is 2.90 bits per heavy atom. The number of ether oxygens (including phenoxy) is 2. The van der Waals surface area contributed by atoms with Crippen LogP contribution >= 0.6 is 0 Å². The SMILES string of the molecule is O=C(COc1cccc(C(F)(F)F)c1)NC[C@H]1CCCO1. The Morgan fingerprint density at radius 1 is 1.43 bits per heavy atom. The Morgan fingerprint density at radius 2 is 2.24 bits per heavy atom. The first-order valence-electron chi connectivity index (χ1n) is 6.63. The minimum absolute atomic E-state index is 0.0112. The van der Waals surface area contributed by atoms with Crippen LogP contribution in [0.15, 0.2) is 24.3 Å². The molecule has 1 aliphatic heterocycles. The number of amides is 1. The summed E-state index contributed by atoms with van der Waals surface area (Å²) in [6, 6.07) is 4.43. The van der Waals surface area contributed by atoms with Crippen molar-refractivity contribution in [2.45, 2.75) is 25.1 Å². The van der Waals surface area contributed by atoms with E-state index in [-0.39, 0.29) is 24.4 Å². The third-order valence-corrected chi connectivity index (χ3v) is 3.08. The topological polar surface area (TPSA) is 47.6 Å². The predicted octanol–water partition coefficient (Wildman–Crippen LogP) is 2.38. The molecule has 0 bridgehead atoms. The summed E-state index contributed by atoms with van der Waals surface area (Å²) >= 11 is 0. The van der Waals surface area contributed by atoms with Gasteiger partial charge < -0.3 is 14.8 Å². The van der Waals surface area contributed by atoms with E-state index in [1.807, 2.05) is 0 Å². The van der Waals surface area contributed by atoms with Crippen LogP contribution in [-0.2, 0) is 15.7 Å². The zero-order valence-corrected chi connectivity index (χ0v) is 11.3. The van der Waals surface area contributed by atoms with Gasteiger partial charge in [-0.25, -0.2) is 0 Å². The highest BCUT2D eigenvalue weighted by molar-refractivity contribution is 5.77. The van der Waals surface area contributed by atoms with Gasteiger partial charge in [-0.05, 0) is 31.0 Å². The van der Waals surface area contributed by atoms with Crippen LogP contribution in [0.2, 0.25) is 0 Å². The quantitative estimate of drug-likeness (QED) is 0.908. The van der Waals surface area contributed by atoms with E-state index >= 15 is 0 Å². The van der Waals surface area contributed by atoms with Crippen LogP contribution < -0.4 is 10.1 Å². The highest BCUT2D eigenvalue weighted by Crippen LogP contribution is 2.31. The molecule has 1 aliphatic rings. The number of hydrogen-bond donors (Lipinski definition) is 1. The number of nitrogens with one attached hydrogen (secondary N) is 1. The third-order valence-electron chi connectivity index (χ3n) is 3.08. The molecule has 21 heavy (non-hydrogen) atoms. The second-order valence-corrected chi connectivity index (χ2v) is 4.75. The fraction of sp³-hybridized carbons (Fsp3) is 0.500. The molecule has 0 aliphatic carbocycles. The highest BCUT2D eigenvalue weighted by atomic mass is 19.4. The summed E-state index contributed by atoms with van der Waals surface area (Å²) in [5.74, 6) is -0.375. The van der Waals surface area contributed by atoms with Crippen molar-refractivity contribution in [2.75, 3.05) is 19.8 Å². The molecule has 1 aromatic rings. The molecule has 0 radical (unpaired) electrons. The minimum atomic E-state index is -4.43. The molecule has 116 valence electrons. The van der Waals surface area contributed by atoms with Crippen LogP contribution in [0.4, 0.5) is 13.2 Å². The maximum Gasteiger partial charge on any atom is 0.416 e. The van der Waals surface area contributed by atoms with Gasteiger partial charge in [0.05, 0.1) is 11.7 Å². The van der Waals surface area contributed by atoms with Crippen molar-refractivity contribution in [2.24, 2.45) is 0 Å². The molecule has 1 N–H and O–H groups in total. The average molecular weight is 303 g/mol. The monoisotopic (exact) mass is 303 g/mol. The van der Waals surface area contributed by atoms with Crippen molar-refractivity contribution >= 4 is 5.91 Å². The summed E-state index contributed by atoms with van der Waals surface area (Å²) in [6.45, 7) is 0.764. The Balaban J connectivity index is 1.78. The largest absolute Gasteiger partial charge is 0.484 e. The first-order valence-corrected chi connectivity index (χ1v) is 6.63. The Kier molecular flexibility index (Phi) is 5.06. The molecule has 1 aromatic carbocycles. The number of rotatable bonds is 5. The van der Waals surface area contributed by atoms with Gasteiger partial charge in [-0.2, -0.15) is 13.2 Å². The summed E-state index contributed by atoms with van der Waals surface area (Å²) in [7, 11) is 0. The summed E-state index contributed by atoms with van der Waals surface area (Å²) in [4.78, 5) is 11.5. The molecule has 1 saturated heterocycles. The molecule has 4 nitrogen and oxygen atoms in total. The molecule has 0 saturated carbocycles. The highest BCUT2D eigenvalue weighted by Gasteiger charge is 2.30. The lowest BCUT2D eigenvalue weighted by Gasteiger charge is -2.12. The molecule has 0 spiro atoms. The summed E-state index contributed by atoms with van der Waals surface area (Å²) in [5.41, 5.74) is -0.806. The molecule has 2 rings (SSSR count). The standard InChI is InChI=1S/C14H16F3NO3/c15-14(16,17)10-3-1-4-11(7-10)21-9-13(19)18-8-12-5-2-6-20-12/h1,3-4,7,12H,2,5-6,8-9H2,(H,18,19)/t12-/m1/s1. The molecule has 0 aromatic heterocycles. The first kappa shape index (κ1) is 15.6. The predicted molar refractivity (Wildman–Crippen MR) is 68.9 cm³/mol. The van der Waals surface area contributed by atoms with Gasteiger partial charge in [-0.3, -0.25) is 4.79 Å². The Hall–Kier alpha value is -1.76. The number of halogens is 3. The molecule has 1 heterocycles. The zero-order chi connectivity index (χ0) is 15.3. The Labute approximate surface area is 120 Å². The summed E-state index contributed by atoms with van der Waals surface area (Å²) in [6.07, 6.45) is -2.54. The third kappa shape index (κ3) is 4.93. The number of carbonyl (C=O) groups is 1. The minimum Gasteiger partial charge on any atom is -0.484 e. The van der Waals surface area contributed by atoms with Crippen LogP contribution in [-0.4, -0.2) is 31.8 Å². The van der Waals surface area contributed by atoms with Crippen molar-refractivity contribution in [3.05, 3.63) is 29.8 Å². The number of hydrogen-bond acceptors (Lipinski definition) is 3. The molecule has 7 heteroatoms. The fourth-order valence-electron chi connectivity index (χ4n) is 2.00. The first-order chi connectivity index (χ1) is 9.95. The second kappa shape index (κ2) is 6.80. The van der Waals surface area contributed by atoms with Crippen molar-refractivity contribution in [1.82, 2.24) is 5.32 Å². The molecule has 1 amide bonds. The lowest BCUT2D eigenvalue weighted by atomic mass is 10.2. The van der Waals surface area contributed by atoms with Crippen LogP contribution in [0.25, 0.3) is 0 Å². The molecular weight excluding hydrogens is 287 g/mol. The molecular formula is C14H16F3NO3. The average Bonchev–Trinajstić information content (AvgIpc) is 2.95. The van der Waals surface area contributed by atoms with Gasteiger partial charge in [0.25, 0.3) is 5.91 Å². The van der Waals surface area contributed by atoms with Gasteiger partial charge >= 0.3 is 6.18 Å². The van der Waals surface area contributed by atoms with E-state index in [4.69, 9.17) is 9.47 Å². The lowest BCUT2D eigenvalue weighted by Crippen LogP contribution is -2.35. The Bertz CT molecular complexity index is 485. The second-order valence-electron chi connectivity index (χ2n) is 4.75. The molecule has 0 unspecified atom stereocenters. The number of alkyl halides is 3. The molecule has 1 atom stereocenters. The van der Waals surface area contributed by atoms with E-state index in [1.165, 1.54) is 12.1 Å². The lowest BCUT2D eigenvalue weighted by molar-refractivity contribution is -0.137. The van der Waals surface area contributed by atoms with Crippen molar-refractivity contribution in [1.29, 1.82) is 0 Å². The maximum absolute atomic E-state index is 12.5. The summed E-state index contributed by atoms with van der Waals surface area (Å²) < 4.78 is 47.9. The van der Waals surface area contributed by atoms with E-state index in [0.717, 1.165) is 25.0 Å². The smallest absolute Gasteiger partial charge is 0.416 e. The van der Waals surface area contributed by atoms with E-state index in [0.29, 0.717) is 13.2 Å². The van der Waals surface area contributed by atoms with Gasteiger partial charge in [0.15, 0.2) is 6.61 Å². The van der Waals surface area contributed by atoms with E-state index < -0.39 is 11.7 Å². The van der Waals surface area contributed by atoms with Gasteiger partial charge in [0.2, 0.25) is 0 Å². The number of benzene rings is 1. The van der Waals surface area contributed by atoms with Gasteiger partial charge in [0.1, 0.15) is 5.75 Å². The van der Waals surface area contributed by atoms with Gasteiger partial charge in [0, 0.05) is 13.2 Å². The van der Waals surface area contributed by atoms with E-state index in [9.17, 15) is 18.0 Å². The van der Waals surface area contributed by atoms with Crippen molar-refractivity contribution < 1.29 is 27.4 Å². The van der Waals surface area contributed by atoms with E-state index in [1.54, 1.807) is 0 Å². The summed E-state index contributed by atoms with van der Waals surface area (Å²) in [5, 5.41) is 2.63.